The van der Waals surface area contributed by atoms with E-state index in [4.69, 9.17) is 26.4 Å². The average molecular weight is 478 g/mol. The summed E-state index contributed by atoms with van der Waals surface area (Å²) in [6.07, 6.45) is 6.63. The number of carbonyl (C=O) groups is 1. The van der Waals surface area contributed by atoms with Crippen LogP contribution in [-0.2, 0) is 4.79 Å². The summed E-state index contributed by atoms with van der Waals surface area (Å²) in [6, 6.07) is 15.5. The number of likely N-dealkylation sites (tertiary alicyclic amines) is 1. The van der Waals surface area contributed by atoms with Gasteiger partial charge in [0.05, 0.1) is 5.84 Å². The number of piperidine rings is 1. The van der Waals surface area contributed by atoms with Crippen molar-refractivity contribution in [3.63, 3.8) is 0 Å². The first-order chi connectivity index (χ1) is 16.8. The highest BCUT2D eigenvalue weighted by molar-refractivity contribution is 5.95. The highest BCUT2D eigenvalue weighted by Crippen LogP contribution is 2.23. The molecule has 0 aliphatic carbocycles. The number of nitrogen functional groups attached to an aromatic ring is 1. The zero-order chi connectivity index (χ0) is 25.2. The van der Waals surface area contributed by atoms with Gasteiger partial charge in [0.15, 0.2) is 0 Å². The van der Waals surface area contributed by atoms with Crippen LogP contribution in [0, 0.1) is 10.8 Å². The third-order valence-corrected chi connectivity index (χ3v) is 6.07. The molecule has 5 N–H and O–H groups in total. The minimum atomic E-state index is -0.797. The zero-order valence-corrected chi connectivity index (χ0v) is 20.2. The van der Waals surface area contributed by atoms with Gasteiger partial charge in [0.1, 0.15) is 17.7 Å². The SMILES string of the molecule is CC(=N)N1CCC(Oc2ccc(N(C/C=C/c3cccc(C(=N)N)c3)CCCC(=O)O)cc2)CC1. The van der Waals surface area contributed by atoms with Gasteiger partial charge in [0, 0.05) is 56.7 Å². The van der Waals surface area contributed by atoms with E-state index >= 15 is 0 Å². The third kappa shape index (κ3) is 8.17. The molecule has 0 amide bonds. The van der Waals surface area contributed by atoms with E-state index in [9.17, 15) is 4.79 Å². The Morgan fingerprint density at radius 3 is 2.54 bits per heavy atom. The Hall–Kier alpha value is -3.81. The van der Waals surface area contributed by atoms with Gasteiger partial charge in [0.25, 0.3) is 0 Å². The second-order valence-corrected chi connectivity index (χ2v) is 8.77. The Balaban J connectivity index is 1.62. The smallest absolute Gasteiger partial charge is 0.303 e. The first kappa shape index (κ1) is 25.8. The number of nitrogens with zero attached hydrogens (tertiary/aromatic N) is 2. The molecule has 0 atom stereocenters. The van der Waals surface area contributed by atoms with Crippen LogP contribution in [-0.4, -0.2) is 59.9 Å². The lowest BCUT2D eigenvalue weighted by atomic mass is 10.1. The Kier molecular flexibility index (Phi) is 9.29. The Labute approximate surface area is 207 Å². The quantitative estimate of drug-likeness (QED) is 0.284. The lowest BCUT2D eigenvalue weighted by Gasteiger charge is -2.33. The standard InChI is InChI=1S/C27H35N5O3/c1-20(28)31-17-13-25(14-18-31)35-24-11-9-23(10-12-24)32(16-4-8-26(33)34)15-3-6-21-5-2-7-22(19-21)27(29)30/h2-3,5-7,9-12,19,25,28H,4,8,13-18H2,1H3,(H3,29,30)(H,33,34)/b6-3+,28-20?. The molecular weight excluding hydrogens is 442 g/mol. The zero-order valence-electron chi connectivity index (χ0n) is 20.2. The van der Waals surface area contributed by atoms with Crippen LogP contribution < -0.4 is 15.4 Å². The molecule has 2 aromatic carbocycles. The van der Waals surface area contributed by atoms with Crippen molar-refractivity contribution in [1.29, 1.82) is 10.8 Å². The number of nitrogens with one attached hydrogen (secondary N) is 2. The maximum absolute atomic E-state index is 11.0. The average Bonchev–Trinajstić information content (AvgIpc) is 2.84. The summed E-state index contributed by atoms with van der Waals surface area (Å²) in [4.78, 5) is 15.2. The van der Waals surface area contributed by atoms with Crippen molar-refractivity contribution in [1.82, 2.24) is 4.90 Å². The minimum absolute atomic E-state index is 0.0354. The van der Waals surface area contributed by atoms with Crippen LogP contribution in [0.3, 0.4) is 0 Å². The number of carboxylic acids is 1. The van der Waals surface area contributed by atoms with Crippen LogP contribution in [0.2, 0.25) is 0 Å². The summed E-state index contributed by atoms with van der Waals surface area (Å²) >= 11 is 0. The highest BCUT2D eigenvalue weighted by Gasteiger charge is 2.20. The molecule has 1 heterocycles. The number of nitrogens with two attached hydrogens (primary N) is 1. The molecule has 0 spiro atoms. The number of amidine groups is 2. The Bertz CT molecular complexity index is 1040. The summed E-state index contributed by atoms with van der Waals surface area (Å²) in [5.74, 6) is 0.667. The van der Waals surface area contributed by atoms with Gasteiger partial charge in [-0.1, -0.05) is 30.4 Å². The molecule has 1 aliphatic rings. The van der Waals surface area contributed by atoms with Crippen LogP contribution in [0.5, 0.6) is 5.75 Å². The van der Waals surface area contributed by atoms with Gasteiger partial charge in [-0.05, 0) is 49.2 Å². The molecule has 1 aliphatic heterocycles. The number of hydrogen-bond acceptors (Lipinski definition) is 5. The van der Waals surface area contributed by atoms with Crippen molar-refractivity contribution in [2.45, 2.75) is 38.7 Å². The molecule has 8 nitrogen and oxygen atoms in total. The third-order valence-electron chi connectivity index (χ3n) is 6.07. The van der Waals surface area contributed by atoms with Gasteiger partial charge in [0.2, 0.25) is 0 Å². The maximum atomic E-state index is 11.0. The lowest BCUT2D eigenvalue weighted by molar-refractivity contribution is -0.137. The van der Waals surface area contributed by atoms with E-state index in [2.05, 4.69) is 9.80 Å². The topological polar surface area (TPSA) is 127 Å². The van der Waals surface area contributed by atoms with E-state index in [0.717, 1.165) is 42.9 Å². The second kappa shape index (κ2) is 12.6. The van der Waals surface area contributed by atoms with Crippen molar-refractivity contribution in [3.05, 3.63) is 65.7 Å². The minimum Gasteiger partial charge on any atom is -0.490 e. The van der Waals surface area contributed by atoms with Crippen molar-refractivity contribution >= 4 is 29.4 Å². The number of rotatable bonds is 11. The molecule has 186 valence electrons. The number of benzene rings is 2. The van der Waals surface area contributed by atoms with Gasteiger partial charge < -0.3 is 25.4 Å². The van der Waals surface area contributed by atoms with E-state index in [1.165, 1.54) is 0 Å². The molecule has 0 radical (unpaired) electrons. The highest BCUT2D eigenvalue weighted by atomic mass is 16.5. The van der Waals surface area contributed by atoms with E-state index in [-0.39, 0.29) is 18.4 Å². The van der Waals surface area contributed by atoms with Crippen molar-refractivity contribution in [3.8, 4) is 5.75 Å². The van der Waals surface area contributed by atoms with Crippen molar-refractivity contribution in [2.24, 2.45) is 5.73 Å². The predicted octanol–water partition coefficient (Wildman–Crippen LogP) is 4.20. The van der Waals surface area contributed by atoms with Crippen molar-refractivity contribution in [2.75, 3.05) is 31.1 Å². The first-order valence-electron chi connectivity index (χ1n) is 12.0. The monoisotopic (exact) mass is 477 g/mol. The van der Waals surface area contributed by atoms with Gasteiger partial charge in [-0.2, -0.15) is 0 Å². The van der Waals surface area contributed by atoms with Crippen LogP contribution >= 0.6 is 0 Å². The fraction of sp³-hybridized carbons (Fsp3) is 0.370. The van der Waals surface area contributed by atoms with Crippen LogP contribution in [0.4, 0.5) is 5.69 Å². The Morgan fingerprint density at radius 1 is 1.20 bits per heavy atom. The summed E-state index contributed by atoms with van der Waals surface area (Å²) in [7, 11) is 0. The number of aliphatic carboxylic acids is 1. The molecule has 0 unspecified atom stereocenters. The molecule has 35 heavy (non-hydrogen) atoms. The van der Waals surface area contributed by atoms with Crippen LogP contribution in [0.15, 0.2) is 54.6 Å². The predicted molar refractivity (Wildman–Crippen MR) is 141 cm³/mol. The van der Waals surface area contributed by atoms with Crippen LogP contribution in [0.1, 0.15) is 43.7 Å². The van der Waals surface area contributed by atoms with E-state index in [0.29, 0.717) is 30.9 Å². The van der Waals surface area contributed by atoms with Gasteiger partial charge in [-0.15, -0.1) is 0 Å². The van der Waals surface area contributed by atoms with Gasteiger partial charge in [-0.3, -0.25) is 15.6 Å². The van der Waals surface area contributed by atoms with Gasteiger partial charge in [-0.25, -0.2) is 0 Å². The van der Waals surface area contributed by atoms with E-state index in [1.54, 1.807) is 6.07 Å². The number of ether oxygens (including phenoxy) is 1. The molecule has 0 aromatic heterocycles. The summed E-state index contributed by atoms with van der Waals surface area (Å²) in [6.45, 7) is 4.74. The number of hydrogen-bond donors (Lipinski definition) is 4. The first-order valence-corrected chi connectivity index (χ1v) is 12.0. The largest absolute Gasteiger partial charge is 0.490 e. The summed E-state index contributed by atoms with van der Waals surface area (Å²) in [5, 5.41) is 24.4. The summed E-state index contributed by atoms with van der Waals surface area (Å²) < 4.78 is 6.17. The van der Waals surface area contributed by atoms with Crippen LogP contribution in [0.25, 0.3) is 6.08 Å². The maximum Gasteiger partial charge on any atom is 0.303 e. The fourth-order valence-corrected chi connectivity index (χ4v) is 4.11. The molecule has 1 saturated heterocycles. The molecule has 3 rings (SSSR count). The number of carboxylic acid groups (broad SMARTS) is 1. The molecule has 8 heteroatoms. The molecule has 0 bridgehead atoms. The van der Waals surface area contributed by atoms with Gasteiger partial charge >= 0.3 is 5.97 Å². The normalized spacial score (nSPS) is 14.1. The molecule has 2 aromatic rings. The van der Waals surface area contributed by atoms with E-state index < -0.39 is 5.97 Å². The molecular formula is C27H35N5O3. The van der Waals surface area contributed by atoms with Crippen molar-refractivity contribution < 1.29 is 14.6 Å². The number of anilines is 1. The Morgan fingerprint density at radius 2 is 1.91 bits per heavy atom. The second-order valence-electron chi connectivity index (χ2n) is 8.77. The van der Waals surface area contributed by atoms with E-state index in [1.807, 2.05) is 61.5 Å². The molecule has 0 saturated carbocycles. The summed E-state index contributed by atoms with van der Waals surface area (Å²) in [5.41, 5.74) is 8.22. The lowest BCUT2D eigenvalue weighted by Crippen LogP contribution is -2.40. The molecule has 1 fully saturated rings. The fourth-order valence-electron chi connectivity index (χ4n) is 4.11.